The number of rotatable bonds is 4. The third kappa shape index (κ3) is 3.23. The minimum Gasteiger partial charge on any atom is -0.314 e. The fourth-order valence-corrected chi connectivity index (χ4v) is 2.81. The number of halogens is 1. The SMILES string of the molecule is CCNC1CCC(Cc2ccc(Cl)cc2)C1. The van der Waals surface area contributed by atoms with Crippen LogP contribution in [0.5, 0.6) is 0 Å². The molecule has 0 amide bonds. The van der Waals surface area contributed by atoms with Gasteiger partial charge in [-0.1, -0.05) is 30.7 Å². The van der Waals surface area contributed by atoms with E-state index in [1.807, 2.05) is 12.1 Å². The Morgan fingerprint density at radius 3 is 2.69 bits per heavy atom. The van der Waals surface area contributed by atoms with Gasteiger partial charge in [0.25, 0.3) is 0 Å². The summed E-state index contributed by atoms with van der Waals surface area (Å²) in [5.41, 5.74) is 1.42. The molecule has 1 fully saturated rings. The summed E-state index contributed by atoms with van der Waals surface area (Å²) in [6.07, 6.45) is 5.24. The molecule has 0 saturated heterocycles. The molecule has 1 aliphatic carbocycles. The summed E-state index contributed by atoms with van der Waals surface area (Å²) < 4.78 is 0. The molecule has 0 radical (unpaired) electrons. The van der Waals surface area contributed by atoms with E-state index in [0.717, 1.165) is 23.5 Å². The van der Waals surface area contributed by atoms with Gasteiger partial charge in [0.2, 0.25) is 0 Å². The van der Waals surface area contributed by atoms with Crippen molar-refractivity contribution < 1.29 is 0 Å². The van der Waals surface area contributed by atoms with Gasteiger partial charge in [-0.3, -0.25) is 0 Å². The molecule has 0 heterocycles. The van der Waals surface area contributed by atoms with Crippen LogP contribution in [-0.2, 0) is 6.42 Å². The van der Waals surface area contributed by atoms with Gasteiger partial charge in [0, 0.05) is 11.1 Å². The summed E-state index contributed by atoms with van der Waals surface area (Å²) in [5.74, 6) is 0.852. The smallest absolute Gasteiger partial charge is 0.0406 e. The predicted molar refractivity (Wildman–Crippen MR) is 70.0 cm³/mol. The summed E-state index contributed by atoms with van der Waals surface area (Å²) in [6.45, 7) is 3.28. The molecule has 0 aliphatic heterocycles. The maximum atomic E-state index is 5.88. The van der Waals surface area contributed by atoms with Crippen molar-refractivity contribution in [1.29, 1.82) is 0 Å². The summed E-state index contributed by atoms with van der Waals surface area (Å²) in [6, 6.07) is 9.05. The highest BCUT2D eigenvalue weighted by Gasteiger charge is 2.23. The minimum absolute atomic E-state index is 0.752. The van der Waals surface area contributed by atoms with Gasteiger partial charge in [-0.05, 0) is 55.8 Å². The lowest BCUT2D eigenvalue weighted by atomic mass is 9.98. The molecular formula is C14H20ClN. The maximum absolute atomic E-state index is 5.88. The molecule has 0 aromatic heterocycles. The van der Waals surface area contributed by atoms with Crippen molar-refractivity contribution in [1.82, 2.24) is 5.32 Å². The van der Waals surface area contributed by atoms with Crippen molar-refractivity contribution in [2.75, 3.05) is 6.54 Å². The van der Waals surface area contributed by atoms with E-state index in [4.69, 9.17) is 11.6 Å². The summed E-state index contributed by atoms with van der Waals surface area (Å²) in [7, 11) is 0. The Bertz CT molecular complexity index is 320. The second-order valence-electron chi connectivity index (χ2n) is 4.76. The lowest BCUT2D eigenvalue weighted by Gasteiger charge is -2.12. The Morgan fingerprint density at radius 1 is 1.25 bits per heavy atom. The fourth-order valence-electron chi connectivity index (χ4n) is 2.69. The molecule has 0 bridgehead atoms. The Balaban J connectivity index is 1.84. The standard InChI is InChI=1S/C14H20ClN/c1-2-16-14-8-5-12(10-14)9-11-3-6-13(15)7-4-11/h3-4,6-7,12,14,16H,2,5,8-10H2,1H3. The van der Waals surface area contributed by atoms with E-state index in [-0.39, 0.29) is 0 Å². The maximum Gasteiger partial charge on any atom is 0.0406 e. The molecule has 2 rings (SSSR count). The van der Waals surface area contributed by atoms with Crippen LogP contribution in [0, 0.1) is 5.92 Å². The van der Waals surface area contributed by atoms with Crippen LogP contribution < -0.4 is 5.32 Å². The highest BCUT2D eigenvalue weighted by atomic mass is 35.5. The van der Waals surface area contributed by atoms with E-state index in [0.29, 0.717) is 0 Å². The minimum atomic E-state index is 0.752. The van der Waals surface area contributed by atoms with Gasteiger partial charge in [0.05, 0.1) is 0 Å². The molecule has 1 nitrogen and oxygen atoms in total. The fraction of sp³-hybridized carbons (Fsp3) is 0.571. The van der Waals surface area contributed by atoms with Crippen molar-refractivity contribution in [3.05, 3.63) is 34.9 Å². The van der Waals surface area contributed by atoms with Gasteiger partial charge in [0.1, 0.15) is 0 Å². The monoisotopic (exact) mass is 237 g/mol. The van der Waals surface area contributed by atoms with Gasteiger partial charge in [0.15, 0.2) is 0 Å². The van der Waals surface area contributed by atoms with Crippen LogP contribution >= 0.6 is 11.6 Å². The van der Waals surface area contributed by atoms with E-state index in [9.17, 15) is 0 Å². The zero-order valence-electron chi connectivity index (χ0n) is 9.88. The second-order valence-corrected chi connectivity index (χ2v) is 5.20. The molecule has 2 atom stereocenters. The van der Waals surface area contributed by atoms with Crippen molar-refractivity contribution in [3.63, 3.8) is 0 Å². The largest absolute Gasteiger partial charge is 0.314 e. The molecule has 1 aliphatic rings. The molecule has 2 unspecified atom stereocenters. The first kappa shape index (κ1) is 11.9. The predicted octanol–water partition coefficient (Wildman–Crippen LogP) is 3.66. The molecule has 88 valence electrons. The molecule has 1 N–H and O–H groups in total. The average molecular weight is 238 g/mol. The number of nitrogens with one attached hydrogen (secondary N) is 1. The number of hydrogen-bond acceptors (Lipinski definition) is 1. The third-order valence-electron chi connectivity index (χ3n) is 3.47. The first-order chi connectivity index (χ1) is 7.78. The molecule has 0 spiro atoms. The van der Waals surface area contributed by atoms with Crippen LogP contribution in [0.15, 0.2) is 24.3 Å². The van der Waals surface area contributed by atoms with Crippen molar-refractivity contribution in [2.45, 2.75) is 38.6 Å². The van der Waals surface area contributed by atoms with Crippen LogP contribution in [0.3, 0.4) is 0 Å². The number of hydrogen-bond donors (Lipinski definition) is 1. The van der Waals surface area contributed by atoms with Gasteiger partial charge in [-0.15, -0.1) is 0 Å². The van der Waals surface area contributed by atoms with Crippen LogP contribution in [0.4, 0.5) is 0 Å². The lowest BCUT2D eigenvalue weighted by Crippen LogP contribution is -2.25. The highest BCUT2D eigenvalue weighted by Crippen LogP contribution is 2.28. The zero-order chi connectivity index (χ0) is 11.4. The lowest BCUT2D eigenvalue weighted by molar-refractivity contribution is 0.493. The van der Waals surface area contributed by atoms with Gasteiger partial charge < -0.3 is 5.32 Å². The van der Waals surface area contributed by atoms with Gasteiger partial charge >= 0.3 is 0 Å². The molecule has 1 saturated carbocycles. The average Bonchev–Trinajstić information content (AvgIpc) is 2.70. The molecule has 1 aromatic carbocycles. The summed E-state index contributed by atoms with van der Waals surface area (Å²) in [5, 5.41) is 4.38. The molecule has 1 aromatic rings. The van der Waals surface area contributed by atoms with Crippen molar-refractivity contribution in [3.8, 4) is 0 Å². The van der Waals surface area contributed by atoms with E-state index in [1.165, 1.54) is 31.2 Å². The molecular weight excluding hydrogens is 218 g/mol. The Morgan fingerprint density at radius 2 is 2.00 bits per heavy atom. The van der Waals surface area contributed by atoms with Crippen LogP contribution in [0.25, 0.3) is 0 Å². The second kappa shape index (κ2) is 5.70. The summed E-state index contributed by atoms with van der Waals surface area (Å²) in [4.78, 5) is 0. The molecule has 16 heavy (non-hydrogen) atoms. The van der Waals surface area contributed by atoms with E-state index >= 15 is 0 Å². The normalized spacial score (nSPS) is 24.9. The van der Waals surface area contributed by atoms with E-state index in [1.54, 1.807) is 0 Å². The quantitative estimate of drug-likeness (QED) is 0.843. The molecule has 2 heteroatoms. The Kier molecular flexibility index (Phi) is 4.25. The van der Waals surface area contributed by atoms with Gasteiger partial charge in [-0.2, -0.15) is 0 Å². The van der Waals surface area contributed by atoms with E-state index in [2.05, 4.69) is 24.4 Å². The van der Waals surface area contributed by atoms with Crippen molar-refractivity contribution >= 4 is 11.6 Å². The summed E-state index contributed by atoms with van der Waals surface area (Å²) >= 11 is 5.88. The van der Waals surface area contributed by atoms with Gasteiger partial charge in [-0.25, -0.2) is 0 Å². The Hall–Kier alpha value is -0.530. The third-order valence-corrected chi connectivity index (χ3v) is 3.72. The zero-order valence-corrected chi connectivity index (χ0v) is 10.6. The number of benzene rings is 1. The first-order valence-electron chi connectivity index (χ1n) is 6.25. The van der Waals surface area contributed by atoms with Crippen LogP contribution in [0.1, 0.15) is 31.7 Å². The topological polar surface area (TPSA) is 12.0 Å². The van der Waals surface area contributed by atoms with Crippen LogP contribution in [-0.4, -0.2) is 12.6 Å². The van der Waals surface area contributed by atoms with Crippen LogP contribution in [0.2, 0.25) is 5.02 Å². The van der Waals surface area contributed by atoms with E-state index < -0.39 is 0 Å². The Labute approximate surface area is 103 Å². The first-order valence-corrected chi connectivity index (χ1v) is 6.63. The van der Waals surface area contributed by atoms with Crippen molar-refractivity contribution in [2.24, 2.45) is 5.92 Å². The highest BCUT2D eigenvalue weighted by molar-refractivity contribution is 6.30.